The first kappa shape index (κ1) is 21.8. The summed E-state index contributed by atoms with van der Waals surface area (Å²) in [4.78, 5) is 51.2. The van der Waals surface area contributed by atoms with E-state index in [1.54, 1.807) is 24.3 Å². The van der Waals surface area contributed by atoms with Gasteiger partial charge in [0.1, 0.15) is 5.69 Å². The Kier molecular flexibility index (Phi) is 6.49. The van der Waals surface area contributed by atoms with Crippen LogP contribution in [0.2, 0.25) is 0 Å². The highest BCUT2D eigenvalue weighted by Crippen LogP contribution is 2.21. The monoisotopic (exact) mass is 421 g/mol. The predicted molar refractivity (Wildman–Crippen MR) is 117 cm³/mol. The van der Waals surface area contributed by atoms with Crippen molar-refractivity contribution in [2.45, 2.75) is 20.8 Å². The van der Waals surface area contributed by atoms with E-state index in [1.165, 1.54) is 0 Å². The second-order valence-corrected chi connectivity index (χ2v) is 7.27. The summed E-state index contributed by atoms with van der Waals surface area (Å²) in [7, 11) is 0. The maximum absolute atomic E-state index is 12.2. The van der Waals surface area contributed by atoms with Crippen molar-refractivity contribution in [1.82, 2.24) is 10.3 Å². The number of carbonyl (C=O) groups is 3. The van der Waals surface area contributed by atoms with E-state index in [-0.39, 0.29) is 17.7 Å². The molecule has 31 heavy (non-hydrogen) atoms. The number of nitrogens with one attached hydrogen (secondary N) is 3. The lowest BCUT2D eigenvalue weighted by Gasteiger charge is -2.13. The van der Waals surface area contributed by atoms with Gasteiger partial charge >= 0.3 is 5.97 Å². The average molecular weight is 421 g/mol. The fourth-order valence-electron chi connectivity index (χ4n) is 3.31. The molecule has 0 bridgehead atoms. The molecule has 0 aliphatic heterocycles. The molecule has 160 valence electrons. The minimum atomic E-state index is -0.839. The molecular weight excluding hydrogens is 398 g/mol. The Morgan fingerprint density at radius 2 is 1.65 bits per heavy atom. The van der Waals surface area contributed by atoms with Crippen molar-refractivity contribution in [1.29, 1.82) is 0 Å². The van der Waals surface area contributed by atoms with E-state index in [9.17, 15) is 19.2 Å². The number of hydrogen-bond donors (Lipinski definition) is 3. The summed E-state index contributed by atoms with van der Waals surface area (Å²) < 4.78 is 4.94. The van der Waals surface area contributed by atoms with Gasteiger partial charge in [-0.25, -0.2) is 4.79 Å². The summed E-state index contributed by atoms with van der Waals surface area (Å²) in [6, 6.07) is 11.8. The van der Waals surface area contributed by atoms with Crippen molar-refractivity contribution < 1.29 is 19.1 Å². The highest BCUT2D eigenvalue weighted by Gasteiger charge is 2.14. The van der Waals surface area contributed by atoms with Crippen LogP contribution in [0.4, 0.5) is 5.69 Å². The summed E-state index contributed by atoms with van der Waals surface area (Å²) in [5.41, 5.74) is 3.76. The maximum Gasteiger partial charge on any atom is 0.355 e. The molecule has 1 heterocycles. The third kappa shape index (κ3) is 5.36. The normalized spacial score (nSPS) is 10.5. The Bertz CT molecular complexity index is 1210. The molecule has 0 saturated heterocycles. The van der Waals surface area contributed by atoms with Gasteiger partial charge in [-0.2, -0.15) is 0 Å². The number of benzene rings is 2. The fourth-order valence-corrected chi connectivity index (χ4v) is 3.31. The van der Waals surface area contributed by atoms with Gasteiger partial charge in [0, 0.05) is 22.7 Å². The lowest BCUT2D eigenvalue weighted by Crippen LogP contribution is -2.36. The van der Waals surface area contributed by atoms with Gasteiger partial charge in [-0.05, 0) is 44.0 Å². The third-order valence-corrected chi connectivity index (χ3v) is 4.68. The largest absolute Gasteiger partial charge is 0.451 e. The number of aromatic nitrogens is 1. The van der Waals surface area contributed by atoms with Gasteiger partial charge in [0.05, 0.1) is 6.54 Å². The van der Waals surface area contributed by atoms with Crippen molar-refractivity contribution in [3.8, 4) is 0 Å². The topological polar surface area (TPSA) is 117 Å². The summed E-state index contributed by atoms with van der Waals surface area (Å²) in [6.45, 7) is 4.91. The van der Waals surface area contributed by atoms with E-state index in [4.69, 9.17) is 4.74 Å². The van der Waals surface area contributed by atoms with Gasteiger partial charge in [-0.3, -0.25) is 14.4 Å². The lowest BCUT2D eigenvalue weighted by molar-refractivity contribution is -0.126. The number of H-pyrrole nitrogens is 1. The number of amides is 2. The van der Waals surface area contributed by atoms with Crippen LogP contribution in [-0.4, -0.2) is 35.9 Å². The zero-order chi connectivity index (χ0) is 22.5. The first-order valence-corrected chi connectivity index (χ1v) is 9.68. The van der Waals surface area contributed by atoms with Crippen molar-refractivity contribution >= 4 is 34.4 Å². The predicted octanol–water partition coefficient (Wildman–Crippen LogP) is 2.37. The maximum atomic E-state index is 12.2. The molecule has 0 unspecified atom stereocenters. The standard InChI is InChI=1S/C23H23N3O5/c1-13-8-14(2)22(15(3)9-13)26-20(28)11-24-21(29)12-31-23(30)18-10-19(27)16-6-4-5-7-17(16)25-18/h4-10H,11-12H2,1-3H3,(H,24,29)(H,25,27)(H,26,28). The van der Waals surface area contributed by atoms with Crippen LogP contribution in [0.25, 0.3) is 10.9 Å². The Labute approximate surface area is 178 Å². The number of ether oxygens (including phenoxy) is 1. The third-order valence-electron chi connectivity index (χ3n) is 4.68. The lowest BCUT2D eigenvalue weighted by atomic mass is 10.1. The van der Waals surface area contributed by atoms with Gasteiger partial charge in [-0.1, -0.05) is 29.8 Å². The molecule has 2 amide bonds. The van der Waals surface area contributed by atoms with Crippen molar-refractivity contribution in [3.63, 3.8) is 0 Å². The molecule has 3 rings (SSSR count). The quantitative estimate of drug-likeness (QED) is 0.528. The van der Waals surface area contributed by atoms with Gasteiger partial charge in [-0.15, -0.1) is 0 Å². The number of hydrogen-bond acceptors (Lipinski definition) is 5. The number of pyridine rings is 1. The second kappa shape index (κ2) is 9.25. The molecule has 0 saturated carbocycles. The Balaban J connectivity index is 1.52. The molecule has 0 radical (unpaired) electrons. The second-order valence-electron chi connectivity index (χ2n) is 7.27. The van der Waals surface area contributed by atoms with Crippen LogP contribution >= 0.6 is 0 Å². The van der Waals surface area contributed by atoms with Gasteiger partial charge in [0.2, 0.25) is 5.91 Å². The Morgan fingerprint density at radius 1 is 0.968 bits per heavy atom. The van der Waals surface area contributed by atoms with Crippen LogP contribution in [0, 0.1) is 20.8 Å². The molecule has 3 N–H and O–H groups in total. The van der Waals surface area contributed by atoms with Crippen molar-refractivity contribution in [3.05, 3.63) is 75.1 Å². The van der Waals surface area contributed by atoms with E-state index >= 15 is 0 Å². The van der Waals surface area contributed by atoms with E-state index in [2.05, 4.69) is 15.6 Å². The molecular formula is C23H23N3O5. The van der Waals surface area contributed by atoms with E-state index in [0.29, 0.717) is 16.6 Å². The van der Waals surface area contributed by atoms with Crippen LogP contribution in [-0.2, 0) is 14.3 Å². The van der Waals surface area contributed by atoms with Crippen molar-refractivity contribution in [2.75, 3.05) is 18.5 Å². The molecule has 3 aromatic rings. The average Bonchev–Trinajstić information content (AvgIpc) is 2.73. The number of anilines is 1. The molecule has 0 aliphatic carbocycles. The molecule has 0 fully saturated rings. The molecule has 2 aromatic carbocycles. The number of rotatable bonds is 6. The molecule has 8 heteroatoms. The van der Waals surface area contributed by atoms with E-state index in [0.717, 1.165) is 22.8 Å². The number of para-hydroxylation sites is 1. The van der Waals surface area contributed by atoms with E-state index in [1.807, 2.05) is 32.9 Å². The molecule has 0 spiro atoms. The van der Waals surface area contributed by atoms with Gasteiger partial charge in [0.25, 0.3) is 5.91 Å². The Morgan fingerprint density at radius 3 is 2.35 bits per heavy atom. The number of carbonyl (C=O) groups excluding carboxylic acids is 3. The van der Waals surface area contributed by atoms with Gasteiger partial charge in [0.15, 0.2) is 12.0 Å². The van der Waals surface area contributed by atoms with Crippen LogP contribution in [0.1, 0.15) is 27.2 Å². The van der Waals surface area contributed by atoms with E-state index < -0.39 is 24.4 Å². The van der Waals surface area contributed by atoms with Crippen molar-refractivity contribution in [2.24, 2.45) is 0 Å². The summed E-state index contributed by atoms with van der Waals surface area (Å²) in [5, 5.41) is 5.62. The Hall–Kier alpha value is -3.94. The molecule has 0 atom stereocenters. The SMILES string of the molecule is Cc1cc(C)c(NC(=O)CNC(=O)COC(=O)c2cc(=O)c3ccccc3[nH]2)c(C)c1. The number of aryl methyl sites for hydroxylation is 3. The number of fused-ring (bicyclic) bond motifs is 1. The first-order chi connectivity index (χ1) is 14.7. The number of esters is 1. The first-order valence-electron chi connectivity index (χ1n) is 9.68. The summed E-state index contributed by atoms with van der Waals surface area (Å²) in [5.74, 6) is -1.87. The summed E-state index contributed by atoms with van der Waals surface area (Å²) in [6.07, 6.45) is 0. The zero-order valence-corrected chi connectivity index (χ0v) is 17.5. The van der Waals surface area contributed by atoms with Gasteiger partial charge < -0.3 is 20.4 Å². The minimum Gasteiger partial charge on any atom is -0.451 e. The van der Waals surface area contributed by atoms with Crippen LogP contribution in [0.3, 0.4) is 0 Å². The highest BCUT2D eigenvalue weighted by atomic mass is 16.5. The molecule has 0 aliphatic rings. The van der Waals surface area contributed by atoms with Crippen LogP contribution in [0.15, 0.2) is 47.3 Å². The smallest absolute Gasteiger partial charge is 0.355 e. The van der Waals surface area contributed by atoms with Crippen LogP contribution in [0.5, 0.6) is 0 Å². The van der Waals surface area contributed by atoms with Crippen LogP contribution < -0.4 is 16.1 Å². The minimum absolute atomic E-state index is 0.0560. The fraction of sp³-hybridized carbons (Fsp3) is 0.217. The number of aromatic amines is 1. The zero-order valence-electron chi connectivity index (χ0n) is 17.5. The molecule has 1 aromatic heterocycles. The highest BCUT2D eigenvalue weighted by molar-refractivity contribution is 5.96. The molecule has 8 nitrogen and oxygen atoms in total. The summed E-state index contributed by atoms with van der Waals surface area (Å²) >= 11 is 0.